The summed E-state index contributed by atoms with van der Waals surface area (Å²) in [6, 6.07) is 16.2. The molecule has 1 fully saturated rings. The predicted octanol–water partition coefficient (Wildman–Crippen LogP) is 3.44. The largest absolute Gasteiger partial charge is 0.480 e. The monoisotopic (exact) mass is 466 g/mol. The molecular formula is C26H30N2O6. The van der Waals surface area contributed by atoms with Gasteiger partial charge in [0.2, 0.25) is 5.91 Å². The number of aliphatic carboxylic acids is 1. The summed E-state index contributed by atoms with van der Waals surface area (Å²) in [5.41, 5.74) is 3.34. The number of hydrogen-bond donors (Lipinski definition) is 3. The molecule has 2 amide bonds. The average molecular weight is 467 g/mol. The lowest BCUT2D eigenvalue weighted by molar-refractivity contribution is -0.149. The Balaban J connectivity index is 1.27. The smallest absolute Gasteiger partial charge is 0.407 e. The molecule has 1 unspecified atom stereocenters. The number of carboxylic acids is 1. The summed E-state index contributed by atoms with van der Waals surface area (Å²) in [7, 11) is 1.39. The van der Waals surface area contributed by atoms with Crippen molar-refractivity contribution in [3.8, 4) is 11.1 Å². The molecule has 2 aromatic carbocycles. The van der Waals surface area contributed by atoms with E-state index >= 15 is 0 Å². The summed E-state index contributed by atoms with van der Waals surface area (Å²) in [6.07, 6.45) is 1.08. The fourth-order valence-corrected chi connectivity index (χ4v) is 5.00. The van der Waals surface area contributed by atoms with Gasteiger partial charge in [-0.1, -0.05) is 61.4 Å². The predicted molar refractivity (Wildman–Crippen MR) is 125 cm³/mol. The van der Waals surface area contributed by atoms with E-state index in [1.807, 2.05) is 24.3 Å². The standard InChI is InChI=1S/C26H30N2O6/c1-33-22(23(29)28-26(24(30)31)13-6-7-14-26)12-15-27-25(32)34-16-21-19-10-4-2-8-17(19)18-9-3-5-11-20(18)21/h2-5,8-11,21-22H,6-7,12-16H2,1H3,(H,27,32)(H,28,29)(H,30,31). The minimum absolute atomic E-state index is 0.0331. The van der Waals surface area contributed by atoms with Crippen molar-refractivity contribution < 1.29 is 29.0 Å². The molecule has 0 spiro atoms. The zero-order valence-electron chi connectivity index (χ0n) is 19.2. The molecule has 0 heterocycles. The third-order valence-electron chi connectivity index (χ3n) is 6.83. The lowest BCUT2D eigenvalue weighted by Crippen LogP contribution is -2.55. The Morgan fingerprint density at radius 3 is 2.18 bits per heavy atom. The molecule has 0 aromatic heterocycles. The van der Waals surface area contributed by atoms with Crippen molar-refractivity contribution in [3.63, 3.8) is 0 Å². The van der Waals surface area contributed by atoms with E-state index in [0.717, 1.165) is 35.1 Å². The zero-order chi connectivity index (χ0) is 24.1. The van der Waals surface area contributed by atoms with Crippen molar-refractivity contribution in [1.29, 1.82) is 0 Å². The minimum Gasteiger partial charge on any atom is -0.480 e. The Labute approximate surface area is 198 Å². The number of rotatable bonds is 9. The normalized spacial score (nSPS) is 16.9. The van der Waals surface area contributed by atoms with Gasteiger partial charge in [0.1, 0.15) is 18.2 Å². The number of fused-ring (bicyclic) bond motifs is 3. The first-order valence-corrected chi connectivity index (χ1v) is 11.6. The lowest BCUT2D eigenvalue weighted by atomic mass is 9.97. The molecule has 1 atom stereocenters. The number of alkyl carbamates (subject to hydrolysis) is 1. The summed E-state index contributed by atoms with van der Waals surface area (Å²) < 4.78 is 10.8. The van der Waals surface area contributed by atoms with Crippen LogP contribution in [-0.2, 0) is 19.1 Å². The number of carboxylic acid groups (broad SMARTS) is 1. The van der Waals surface area contributed by atoms with E-state index in [1.165, 1.54) is 7.11 Å². The van der Waals surface area contributed by atoms with E-state index in [-0.39, 0.29) is 25.5 Å². The third-order valence-corrected chi connectivity index (χ3v) is 6.83. The van der Waals surface area contributed by atoms with Crippen LogP contribution in [0.1, 0.15) is 49.1 Å². The second-order valence-corrected chi connectivity index (χ2v) is 8.85. The minimum atomic E-state index is -1.23. The third kappa shape index (κ3) is 4.77. The molecule has 3 N–H and O–H groups in total. The highest BCUT2D eigenvalue weighted by Crippen LogP contribution is 2.44. The molecule has 8 nitrogen and oxygen atoms in total. The van der Waals surface area contributed by atoms with Gasteiger partial charge in [-0.15, -0.1) is 0 Å². The van der Waals surface area contributed by atoms with E-state index in [1.54, 1.807) is 0 Å². The highest BCUT2D eigenvalue weighted by atomic mass is 16.5. The van der Waals surface area contributed by atoms with Crippen LogP contribution in [0.3, 0.4) is 0 Å². The maximum atomic E-state index is 12.6. The number of nitrogens with one attached hydrogen (secondary N) is 2. The van der Waals surface area contributed by atoms with Crippen LogP contribution in [0.5, 0.6) is 0 Å². The summed E-state index contributed by atoms with van der Waals surface area (Å²) >= 11 is 0. The maximum Gasteiger partial charge on any atom is 0.407 e. The molecule has 0 saturated heterocycles. The van der Waals surface area contributed by atoms with Crippen LogP contribution in [0.25, 0.3) is 11.1 Å². The molecule has 0 radical (unpaired) electrons. The summed E-state index contributed by atoms with van der Waals surface area (Å²) in [6.45, 7) is 0.359. The first-order chi connectivity index (χ1) is 16.4. The average Bonchev–Trinajstić information content (AvgIpc) is 3.44. The van der Waals surface area contributed by atoms with Crippen LogP contribution >= 0.6 is 0 Å². The molecule has 2 aromatic rings. The second kappa shape index (κ2) is 10.3. The number of ether oxygens (including phenoxy) is 2. The number of benzene rings is 2. The molecule has 4 rings (SSSR count). The van der Waals surface area contributed by atoms with Crippen molar-refractivity contribution in [2.75, 3.05) is 20.3 Å². The van der Waals surface area contributed by atoms with E-state index < -0.39 is 29.6 Å². The molecule has 2 aliphatic rings. The van der Waals surface area contributed by atoms with Crippen molar-refractivity contribution in [1.82, 2.24) is 10.6 Å². The van der Waals surface area contributed by atoms with Crippen molar-refractivity contribution in [2.24, 2.45) is 0 Å². The molecule has 34 heavy (non-hydrogen) atoms. The van der Waals surface area contributed by atoms with Gasteiger partial charge in [-0.25, -0.2) is 9.59 Å². The van der Waals surface area contributed by atoms with Crippen molar-refractivity contribution in [2.45, 2.75) is 49.7 Å². The number of amides is 2. The van der Waals surface area contributed by atoms with Gasteiger partial charge in [-0.3, -0.25) is 4.79 Å². The highest BCUT2D eigenvalue weighted by Gasteiger charge is 2.43. The molecule has 180 valence electrons. The van der Waals surface area contributed by atoms with Crippen molar-refractivity contribution in [3.05, 3.63) is 59.7 Å². The Morgan fingerprint density at radius 2 is 1.62 bits per heavy atom. The number of carbonyl (C=O) groups is 3. The Kier molecular flexibility index (Phi) is 7.17. The van der Waals surface area contributed by atoms with E-state index in [0.29, 0.717) is 12.8 Å². The van der Waals surface area contributed by atoms with Gasteiger partial charge in [-0.05, 0) is 35.1 Å². The molecular weight excluding hydrogens is 436 g/mol. The number of methoxy groups -OCH3 is 1. The van der Waals surface area contributed by atoms with Crippen LogP contribution < -0.4 is 10.6 Å². The Bertz CT molecular complexity index is 1020. The zero-order valence-corrected chi connectivity index (χ0v) is 19.2. The number of carbonyl (C=O) groups excluding carboxylic acids is 2. The van der Waals surface area contributed by atoms with Crippen LogP contribution in [-0.4, -0.2) is 55.0 Å². The van der Waals surface area contributed by atoms with Gasteiger partial charge in [0.05, 0.1) is 0 Å². The van der Waals surface area contributed by atoms with Crippen LogP contribution in [0.15, 0.2) is 48.5 Å². The van der Waals surface area contributed by atoms with Crippen LogP contribution in [0.4, 0.5) is 4.79 Å². The molecule has 0 aliphatic heterocycles. The van der Waals surface area contributed by atoms with E-state index in [4.69, 9.17) is 9.47 Å². The van der Waals surface area contributed by atoms with E-state index in [2.05, 4.69) is 34.9 Å². The highest BCUT2D eigenvalue weighted by molar-refractivity contribution is 5.89. The Morgan fingerprint density at radius 1 is 1.03 bits per heavy atom. The SMILES string of the molecule is COC(CCNC(=O)OCC1c2ccccc2-c2ccccc21)C(=O)NC1(C(=O)O)CCCC1. The van der Waals surface area contributed by atoms with Gasteiger partial charge in [0, 0.05) is 26.0 Å². The molecule has 1 saturated carbocycles. The van der Waals surface area contributed by atoms with Gasteiger partial charge in [-0.2, -0.15) is 0 Å². The first kappa shape index (κ1) is 23.8. The van der Waals surface area contributed by atoms with Gasteiger partial charge >= 0.3 is 12.1 Å². The van der Waals surface area contributed by atoms with Gasteiger partial charge in [0.25, 0.3) is 0 Å². The summed E-state index contributed by atoms with van der Waals surface area (Å²) in [4.78, 5) is 36.6. The lowest BCUT2D eigenvalue weighted by Gasteiger charge is -2.27. The topological polar surface area (TPSA) is 114 Å². The van der Waals surface area contributed by atoms with E-state index in [9.17, 15) is 19.5 Å². The quantitative estimate of drug-likeness (QED) is 0.522. The molecule has 2 aliphatic carbocycles. The molecule has 0 bridgehead atoms. The van der Waals surface area contributed by atoms with Crippen LogP contribution in [0, 0.1) is 0 Å². The molecule has 8 heteroatoms. The van der Waals surface area contributed by atoms with Gasteiger partial charge < -0.3 is 25.2 Å². The van der Waals surface area contributed by atoms with Gasteiger partial charge in [0.15, 0.2) is 0 Å². The summed E-state index contributed by atoms with van der Waals surface area (Å²) in [5.74, 6) is -1.54. The number of hydrogen-bond acceptors (Lipinski definition) is 5. The van der Waals surface area contributed by atoms with Crippen molar-refractivity contribution >= 4 is 18.0 Å². The fraction of sp³-hybridized carbons (Fsp3) is 0.423. The Hall–Kier alpha value is -3.39. The second-order valence-electron chi connectivity index (χ2n) is 8.85. The van der Waals surface area contributed by atoms with Crippen LogP contribution in [0.2, 0.25) is 0 Å². The first-order valence-electron chi connectivity index (χ1n) is 11.6. The summed E-state index contributed by atoms with van der Waals surface area (Å²) in [5, 5.41) is 14.9. The fourth-order valence-electron chi connectivity index (χ4n) is 5.00. The maximum absolute atomic E-state index is 12.6.